The lowest BCUT2D eigenvalue weighted by Crippen LogP contribution is -2.36. The van der Waals surface area contributed by atoms with Gasteiger partial charge >= 0.3 is 0 Å². The zero-order valence-electron chi connectivity index (χ0n) is 24.9. The summed E-state index contributed by atoms with van der Waals surface area (Å²) in [5, 5.41) is 10.1. The molecule has 0 unspecified atom stereocenters. The normalized spacial score (nSPS) is 42.6. The first kappa shape index (κ1) is 14.2. The molecular formula is C27H44O. The fourth-order valence-electron chi connectivity index (χ4n) is 6.41. The number of hydrogen-bond donors (Lipinski definition) is 1. The Hall–Kier alpha value is -0.820. The molecule has 0 aromatic heterocycles. The van der Waals surface area contributed by atoms with Crippen molar-refractivity contribution in [3.63, 3.8) is 0 Å². The largest absolute Gasteiger partial charge is 0.393 e. The molecule has 0 amide bonds. The van der Waals surface area contributed by atoms with Crippen LogP contribution < -0.4 is 0 Å². The van der Waals surface area contributed by atoms with Crippen LogP contribution in [0.4, 0.5) is 0 Å². The maximum atomic E-state index is 10.1. The maximum Gasteiger partial charge on any atom is 0.0583 e. The van der Waals surface area contributed by atoms with Crippen LogP contribution in [-0.4, -0.2) is 11.2 Å². The van der Waals surface area contributed by atoms with E-state index in [1.54, 1.807) is 0 Å². The first-order valence-corrected chi connectivity index (χ1v) is 11.4. The zero-order chi connectivity index (χ0) is 26.2. The number of aliphatic hydroxyl groups is 1. The first-order valence-electron chi connectivity index (χ1n) is 14.9. The Balaban J connectivity index is 1.68. The first-order chi connectivity index (χ1) is 16.1. The molecule has 1 heteroatoms. The fraction of sp³-hybridized carbons (Fsp3) is 0.778. The molecule has 0 aromatic carbocycles. The van der Waals surface area contributed by atoms with Gasteiger partial charge in [0.05, 0.1) is 6.10 Å². The predicted octanol–water partition coefficient (Wildman–Crippen LogP) is 7.62. The van der Waals surface area contributed by atoms with Crippen LogP contribution in [0.3, 0.4) is 0 Å². The van der Waals surface area contributed by atoms with E-state index in [2.05, 4.69) is 32.6 Å². The summed E-state index contributed by atoms with van der Waals surface area (Å²) in [5.74, 6) is -1.01. The average Bonchev–Trinajstić information content (AvgIpc) is 3.10. The van der Waals surface area contributed by atoms with E-state index in [4.69, 9.17) is 9.60 Å². The molecule has 0 aliphatic heterocycles. The smallest absolute Gasteiger partial charge is 0.0583 e. The van der Waals surface area contributed by atoms with Gasteiger partial charge < -0.3 is 5.11 Å². The molecule has 3 aliphatic rings. The van der Waals surface area contributed by atoms with Crippen molar-refractivity contribution in [2.75, 3.05) is 0 Å². The van der Waals surface area contributed by atoms with Gasteiger partial charge in [-0.15, -0.1) is 0 Å². The van der Waals surface area contributed by atoms with Gasteiger partial charge in [0.15, 0.2) is 0 Å². The highest BCUT2D eigenvalue weighted by atomic mass is 16.3. The van der Waals surface area contributed by atoms with E-state index in [-0.39, 0.29) is 17.9 Å². The highest BCUT2D eigenvalue weighted by molar-refractivity contribution is 5.36. The van der Waals surface area contributed by atoms with Gasteiger partial charge in [-0.2, -0.15) is 0 Å². The molecule has 158 valence electrons. The lowest BCUT2D eigenvalue weighted by Gasteiger charge is -2.44. The fourth-order valence-corrected chi connectivity index (χ4v) is 6.41. The molecule has 0 radical (unpaired) electrons. The molecule has 3 saturated carbocycles. The maximum absolute atomic E-state index is 10.1. The van der Waals surface area contributed by atoms with E-state index >= 15 is 0 Å². The van der Waals surface area contributed by atoms with Crippen molar-refractivity contribution in [1.29, 1.82) is 0 Å². The second-order valence-corrected chi connectivity index (χ2v) is 9.88. The minimum absolute atomic E-state index is 0.133. The van der Waals surface area contributed by atoms with Crippen molar-refractivity contribution >= 4 is 0 Å². The Labute approximate surface area is 184 Å². The molecule has 1 nitrogen and oxygen atoms in total. The summed E-state index contributed by atoms with van der Waals surface area (Å²) in [6.45, 7) is 3.17. The van der Waals surface area contributed by atoms with Gasteiger partial charge in [0.2, 0.25) is 0 Å². The summed E-state index contributed by atoms with van der Waals surface area (Å²) < 4.78 is 54.3. The molecule has 5 atom stereocenters. The van der Waals surface area contributed by atoms with Crippen LogP contribution in [0.15, 0.2) is 35.5 Å². The van der Waals surface area contributed by atoms with Crippen molar-refractivity contribution in [2.45, 2.75) is 104 Å². The Kier molecular flexibility index (Phi) is 4.74. The molecule has 0 heterocycles. The second-order valence-electron chi connectivity index (χ2n) is 9.88. The van der Waals surface area contributed by atoms with Gasteiger partial charge in [-0.3, -0.25) is 0 Å². The Bertz CT molecular complexity index is 823. The van der Waals surface area contributed by atoms with E-state index in [1.807, 2.05) is 0 Å². The van der Waals surface area contributed by atoms with Crippen molar-refractivity contribution in [3.05, 3.63) is 35.5 Å². The minimum atomic E-state index is -2.83. The van der Waals surface area contributed by atoms with E-state index in [0.29, 0.717) is 30.6 Å². The number of aliphatic hydroxyl groups excluding tert-OH is 1. The van der Waals surface area contributed by atoms with Crippen LogP contribution in [0.2, 0.25) is 0 Å². The molecule has 3 aliphatic carbocycles. The van der Waals surface area contributed by atoms with Crippen LogP contribution in [0.5, 0.6) is 0 Å². The number of fused-ring (bicyclic) bond motifs is 1. The number of hydrogen-bond acceptors (Lipinski definition) is 1. The SMILES string of the molecule is [2H]C([2H])([2H])C([2H])(CCC[C@@H](C)[C@H]1CC[C@H]2C(=C/C=C3/C[C@@H](O)CCC3=C)CCC[C@]12C)C([2H])([2H])[2H]. The summed E-state index contributed by atoms with van der Waals surface area (Å²) in [6, 6.07) is 0. The number of rotatable bonds is 6. The van der Waals surface area contributed by atoms with Gasteiger partial charge in [-0.05, 0) is 86.0 Å². The van der Waals surface area contributed by atoms with Crippen LogP contribution in [0.25, 0.3) is 0 Å². The third kappa shape index (κ3) is 4.84. The monoisotopic (exact) mass is 391 g/mol. The summed E-state index contributed by atoms with van der Waals surface area (Å²) in [5.41, 5.74) is 4.01. The van der Waals surface area contributed by atoms with Crippen molar-refractivity contribution in [1.82, 2.24) is 0 Å². The molecule has 0 aromatic rings. The van der Waals surface area contributed by atoms with Crippen LogP contribution in [-0.2, 0) is 0 Å². The van der Waals surface area contributed by atoms with Crippen molar-refractivity contribution in [2.24, 2.45) is 29.1 Å². The Morgan fingerprint density at radius 1 is 1.25 bits per heavy atom. The standard InChI is InChI=1S/C27H44O/c1-19(2)8-6-9-21(4)25-15-16-26-22(10-7-17-27(25,26)5)12-13-23-18-24(28)14-11-20(23)3/h12-13,19,21,24-26,28H,3,6-11,14-18H2,1-2,4-5H3/b22-12?,23-13-/t21-,24+,25-,26+,27-/m1/s1/i1D3,2D3,19D. The third-order valence-corrected chi connectivity index (χ3v) is 8.00. The van der Waals surface area contributed by atoms with Gasteiger partial charge in [0.25, 0.3) is 0 Å². The van der Waals surface area contributed by atoms with Gasteiger partial charge in [0.1, 0.15) is 0 Å². The van der Waals surface area contributed by atoms with E-state index in [1.165, 1.54) is 17.6 Å². The number of allylic oxidation sites excluding steroid dienone is 4. The highest BCUT2D eigenvalue weighted by Crippen LogP contribution is 2.59. The molecule has 3 rings (SSSR count). The zero-order valence-corrected chi connectivity index (χ0v) is 17.9. The van der Waals surface area contributed by atoms with Crippen molar-refractivity contribution in [3.8, 4) is 0 Å². The topological polar surface area (TPSA) is 20.2 Å². The summed E-state index contributed by atoms with van der Waals surface area (Å²) in [6.07, 6.45) is 13.4. The highest BCUT2D eigenvalue weighted by Gasteiger charge is 2.50. The molecule has 3 fully saturated rings. The van der Waals surface area contributed by atoms with E-state index in [0.717, 1.165) is 50.5 Å². The van der Waals surface area contributed by atoms with E-state index in [9.17, 15) is 5.11 Å². The van der Waals surface area contributed by atoms with Crippen LogP contribution in [0, 0.1) is 29.1 Å². The Morgan fingerprint density at radius 3 is 2.86 bits per heavy atom. The second kappa shape index (κ2) is 9.33. The van der Waals surface area contributed by atoms with Gasteiger partial charge in [-0.25, -0.2) is 0 Å². The average molecular weight is 392 g/mol. The summed E-state index contributed by atoms with van der Waals surface area (Å²) >= 11 is 0. The minimum Gasteiger partial charge on any atom is -0.393 e. The van der Waals surface area contributed by atoms with Gasteiger partial charge in [-0.1, -0.05) is 76.7 Å². The molecule has 0 spiro atoms. The van der Waals surface area contributed by atoms with Crippen LogP contribution >= 0.6 is 0 Å². The lowest BCUT2D eigenvalue weighted by molar-refractivity contribution is 0.0929. The molecule has 0 saturated heterocycles. The molecular weight excluding hydrogens is 340 g/mol. The molecule has 28 heavy (non-hydrogen) atoms. The molecule has 1 N–H and O–H groups in total. The van der Waals surface area contributed by atoms with Gasteiger partial charge in [0, 0.05) is 9.60 Å². The summed E-state index contributed by atoms with van der Waals surface area (Å²) in [7, 11) is 0. The van der Waals surface area contributed by atoms with Crippen molar-refractivity contribution < 1.29 is 14.7 Å². The van der Waals surface area contributed by atoms with E-state index < -0.39 is 19.6 Å². The quantitative estimate of drug-likeness (QED) is 0.493. The Morgan fingerprint density at radius 2 is 2.07 bits per heavy atom. The third-order valence-electron chi connectivity index (χ3n) is 8.00. The van der Waals surface area contributed by atoms with Crippen LogP contribution in [0.1, 0.15) is 108 Å². The predicted molar refractivity (Wildman–Crippen MR) is 121 cm³/mol. The lowest BCUT2D eigenvalue weighted by atomic mass is 9.60. The molecule has 0 bridgehead atoms. The summed E-state index contributed by atoms with van der Waals surface area (Å²) in [4.78, 5) is 0.